The lowest BCUT2D eigenvalue weighted by Gasteiger charge is -2.04. The first kappa shape index (κ1) is 10.5. The van der Waals surface area contributed by atoms with Crippen LogP contribution in [0.15, 0.2) is 59.4 Å². The molecular weight excluding hydrogens is 228 g/mol. The molecule has 0 aliphatic rings. The van der Waals surface area contributed by atoms with Crippen molar-refractivity contribution in [3.05, 3.63) is 65.0 Å². The van der Waals surface area contributed by atoms with Gasteiger partial charge in [0.05, 0.1) is 10.9 Å². The maximum Gasteiger partial charge on any atom is 0.302 e. The highest BCUT2D eigenvalue weighted by molar-refractivity contribution is 5.77. The maximum atomic E-state index is 11.8. The molecule has 0 spiro atoms. The Morgan fingerprint density at radius 3 is 2.50 bits per heavy atom. The van der Waals surface area contributed by atoms with Crippen molar-refractivity contribution < 1.29 is 4.74 Å². The summed E-state index contributed by atoms with van der Waals surface area (Å²) < 4.78 is 5.50. The predicted octanol–water partition coefficient (Wildman–Crippen LogP) is 2.72. The number of para-hydroxylation sites is 2. The third kappa shape index (κ3) is 1.96. The Labute approximate surface area is 103 Å². The molecule has 1 N–H and O–H groups in total. The Hall–Kier alpha value is -2.62. The zero-order chi connectivity index (χ0) is 12.4. The van der Waals surface area contributed by atoms with Gasteiger partial charge in [-0.05, 0) is 24.3 Å². The van der Waals surface area contributed by atoms with E-state index >= 15 is 0 Å². The van der Waals surface area contributed by atoms with Gasteiger partial charge in [0.15, 0.2) is 0 Å². The molecule has 0 amide bonds. The van der Waals surface area contributed by atoms with E-state index in [1.165, 1.54) is 0 Å². The van der Waals surface area contributed by atoms with Crippen molar-refractivity contribution in [2.24, 2.45) is 0 Å². The lowest BCUT2D eigenvalue weighted by molar-refractivity contribution is 0.443. The molecular formula is C14H10N2O2. The van der Waals surface area contributed by atoms with E-state index in [9.17, 15) is 4.79 Å². The van der Waals surface area contributed by atoms with Crippen LogP contribution in [0.25, 0.3) is 10.9 Å². The molecule has 0 fully saturated rings. The highest BCUT2D eigenvalue weighted by Crippen LogP contribution is 2.17. The van der Waals surface area contributed by atoms with Gasteiger partial charge in [-0.3, -0.25) is 9.78 Å². The van der Waals surface area contributed by atoms with E-state index in [-0.39, 0.29) is 11.6 Å². The Bertz CT molecular complexity index is 735. The molecule has 0 unspecified atom stereocenters. The number of aromatic amines is 1. The molecule has 1 aromatic heterocycles. The topological polar surface area (TPSA) is 55.0 Å². The minimum absolute atomic E-state index is 0.199. The average molecular weight is 238 g/mol. The molecule has 0 saturated heterocycles. The van der Waals surface area contributed by atoms with Gasteiger partial charge in [0.25, 0.3) is 5.56 Å². The number of hydrogen-bond donors (Lipinski definition) is 1. The SMILES string of the molecule is O=c1[nH]c(Oc2ccccc2)nc2ccccc12. The summed E-state index contributed by atoms with van der Waals surface area (Å²) in [4.78, 5) is 18.7. The van der Waals surface area contributed by atoms with E-state index in [0.717, 1.165) is 0 Å². The van der Waals surface area contributed by atoms with Gasteiger partial charge in [-0.1, -0.05) is 30.3 Å². The van der Waals surface area contributed by atoms with Crippen molar-refractivity contribution in [2.75, 3.05) is 0 Å². The number of nitrogens with zero attached hydrogens (tertiary/aromatic N) is 1. The summed E-state index contributed by atoms with van der Waals surface area (Å²) in [5.74, 6) is 0.635. The van der Waals surface area contributed by atoms with Gasteiger partial charge in [-0.15, -0.1) is 0 Å². The standard InChI is InChI=1S/C14H10N2O2/c17-13-11-8-4-5-9-12(11)15-14(16-13)18-10-6-2-1-3-7-10/h1-9H,(H,15,16,17). The summed E-state index contributed by atoms with van der Waals surface area (Å²) in [7, 11) is 0. The molecule has 0 saturated carbocycles. The highest BCUT2D eigenvalue weighted by Gasteiger charge is 2.04. The molecule has 4 heteroatoms. The van der Waals surface area contributed by atoms with Crippen LogP contribution in [0.4, 0.5) is 0 Å². The molecule has 0 bridgehead atoms. The van der Waals surface area contributed by atoms with Crippen LogP contribution in [0.3, 0.4) is 0 Å². The van der Waals surface area contributed by atoms with E-state index < -0.39 is 0 Å². The fourth-order valence-corrected chi connectivity index (χ4v) is 1.71. The summed E-state index contributed by atoms with van der Waals surface area (Å²) in [6.45, 7) is 0. The molecule has 88 valence electrons. The second kappa shape index (κ2) is 4.33. The molecule has 0 aliphatic heterocycles. The van der Waals surface area contributed by atoms with Crippen LogP contribution in [0.1, 0.15) is 0 Å². The fourth-order valence-electron chi connectivity index (χ4n) is 1.71. The molecule has 3 aromatic rings. The first-order chi connectivity index (χ1) is 8.83. The fraction of sp³-hybridized carbons (Fsp3) is 0. The lowest BCUT2D eigenvalue weighted by Crippen LogP contribution is -2.09. The molecule has 0 radical (unpaired) electrons. The number of ether oxygens (including phenoxy) is 1. The molecule has 1 heterocycles. The number of H-pyrrole nitrogens is 1. The van der Waals surface area contributed by atoms with E-state index in [1.54, 1.807) is 30.3 Å². The van der Waals surface area contributed by atoms with Crippen LogP contribution < -0.4 is 10.3 Å². The van der Waals surface area contributed by atoms with E-state index in [4.69, 9.17) is 4.74 Å². The van der Waals surface area contributed by atoms with Crippen LogP contribution in [0.5, 0.6) is 11.8 Å². The predicted molar refractivity (Wildman–Crippen MR) is 68.9 cm³/mol. The third-order valence-corrected chi connectivity index (χ3v) is 2.55. The number of fused-ring (bicyclic) bond motifs is 1. The van der Waals surface area contributed by atoms with Crippen LogP contribution in [-0.4, -0.2) is 9.97 Å². The van der Waals surface area contributed by atoms with Crippen LogP contribution >= 0.6 is 0 Å². The number of hydrogen-bond acceptors (Lipinski definition) is 3. The zero-order valence-electron chi connectivity index (χ0n) is 9.46. The Kier molecular flexibility index (Phi) is 2.53. The van der Waals surface area contributed by atoms with Crippen molar-refractivity contribution in [3.63, 3.8) is 0 Å². The molecule has 0 aliphatic carbocycles. The van der Waals surface area contributed by atoms with E-state index in [0.29, 0.717) is 16.7 Å². The lowest BCUT2D eigenvalue weighted by atomic mass is 10.2. The smallest absolute Gasteiger partial charge is 0.302 e. The number of aromatic nitrogens is 2. The van der Waals surface area contributed by atoms with E-state index in [2.05, 4.69) is 9.97 Å². The minimum Gasteiger partial charge on any atom is -0.426 e. The van der Waals surface area contributed by atoms with Crippen molar-refractivity contribution in [3.8, 4) is 11.8 Å². The highest BCUT2D eigenvalue weighted by atomic mass is 16.5. The molecule has 2 aromatic carbocycles. The van der Waals surface area contributed by atoms with Crippen molar-refractivity contribution in [1.29, 1.82) is 0 Å². The van der Waals surface area contributed by atoms with Gasteiger partial charge in [0.1, 0.15) is 5.75 Å². The van der Waals surface area contributed by atoms with Gasteiger partial charge in [0, 0.05) is 0 Å². The van der Waals surface area contributed by atoms with Crippen LogP contribution in [0, 0.1) is 0 Å². The number of benzene rings is 2. The minimum atomic E-state index is -0.202. The van der Waals surface area contributed by atoms with Crippen molar-refractivity contribution >= 4 is 10.9 Å². The van der Waals surface area contributed by atoms with Gasteiger partial charge >= 0.3 is 6.01 Å². The maximum absolute atomic E-state index is 11.8. The number of nitrogens with one attached hydrogen (secondary N) is 1. The van der Waals surface area contributed by atoms with Crippen LogP contribution in [0.2, 0.25) is 0 Å². The first-order valence-electron chi connectivity index (χ1n) is 5.55. The monoisotopic (exact) mass is 238 g/mol. The van der Waals surface area contributed by atoms with Crippen LogP contribution in [-0.2, 0) is 0 Å². The molecule has 3 rings (SSSR count). The largest absolute Gasteiger partial charge is 0.426 e. The summed E-state index contributed by atoms with van der Waals surface area (Å²) in [6, 6.07) is 16.6. The summed E-state index contributed by atoms with van der Waals surface area (Å²) >= 11 is 0. The van der Waals surface area contributed by atoms with Crippen molar-refractivity contribution in [2.45, 2.75) is 0 Å². The summed E-state index contributed by atoms with van der Waals surface area (Å²) in [5.41, 5.74) is 0.415. The second-order valence-corrected chi connectivity index (χ2v) is 3.80. The normalized spacial score (nSPS) is 10.4. The molecule has 4 nitrogen and oxygen atoms in total. The Morgan fingerprint density at radius 2 is 1.67 bits per heavy atom. The second-order valence-electron chi connectivity index (χ2n) is 3.80. The molecule has 0 atom stereocenters. The van der Waals surface area contributed by atoms with Gasteiger partial charge < -0.3 is 4.74 Å². The van der Waals surface area contributed by atoms with Gasteiger partial charge in [-0.25, -0.2) is 0 Å². The Balaban J connectivity index is 2.06. The summed E-state index contributed by atoms with van der Waals surface area (Å²) in [5, 5.41) is 0.554. The first-order valence-corrected chi connectivity index (χ1v) is 5.55. The van der Waals surface area contributed by atoms with Gasteiger partial charge in [0.2, 0.25) is 0 Å². The van der Waals surface area contributed by atoms with Gasteiger partial charge in [-0.2, -0.15) is 4.98 Å². The van der Waals surface area contributed by atoms with E-state index in [1.807, 2.05) is 24.3 Å². The average Bonchev–Trinajstić information content (AvgIpc) is 2.40. The third-order valence-electron chi connectivity index (χ3n) is 2.55. The number of rotatable bonds is 2. The zero-order valence-corrected chi connectivity index (χ0v) is 9.46. The quantitative estimate of drug-likeness (QED) is 0.746. The van der Waals surface area contributed by atoms with Crippen molar-refractivity contribution in [1.82, 2.24) is 9.97 Å². The Morgan fingerprint density at radius 1 is 0.944 bits per heavy atom. The summed E-state index contributed by atoms with van der Waals surface area (Å²) in [6.07, 6.45) is 0. The molecule has 18 heavy (non-hydrogen) atoms.